The van der Waals surface area contributed by atoms with Gasteiger partial charge in [0, 0.05) is 19.6 Å². The van der Waals surface area contributed by atoms with Gasteiger partial charge >= 0.3 is 0 Å². The highest BCUT2D eigenvalue weighted by atomic mass is 16.3. The van der Waals surface area contributed by atoms with E-state index in [4.69, 9.17) is 0 Å². The second-order valence-corrected chi connectivity index (χ2v) is 4.62. The first-order valence-corrected chi connectivity index (χ1v) is 5.94. The minimum absolute atomic E-state index is 0.231. The quantitative estimate of drug-likeness (QED) is 0.704. The van der Waals surface area contributed by atoms with Crippen molar-refractivity contribution in [2.75, 3.05) is 32.7 Å². The molecule has 1 amide bonds. The van der Waals surface area contributed by atoms with Crippen molar-refractivity contribution in [2.24, 2.45) is 0 Å². The number of β-amino-alcohol motifs (C(OH)–C–C–N with tert-alkyl or cyclic N) is 1. The van der Waals surface area contributed by atoms with E-state index in [1.807, 2.05) is 4.90 Å². The van der Waals surface area contributed by atoms with Crippen molar-refractivity contribution >= 4 is 5.91 Å². The molecule has 4 nitrogen and oxygen atoms in total. The van der Waals surface area contributed by atoms with Crippen LogP contribution in [0.1, 0.15) is 25.7 Å². The van der Waals surface area contributed by atoms with Crippen LogP contribution in [0.4, 0.5) is 0 Å². The molecule has 0 aromatic rings. The number of nitrogens with zero attached hydrogens (tertiary/aromatic N) is 2. The molecule has 2 aliphatic heterocycles. The lowest BCUT2D eigenvalue weighted by Crippen LogP contribution is -2.44. The number of carbonyl (C=O) groups excluding carboxylic acids is 1. The SMILES string of the molecule is O=C(CN1CCCC(O)C1)N1CCCC1. The Bertz CT molecular complexity index is 227. The van der Waals surface area contributed by atoms with Crippen LogP contribution in [-0.4, -0.2) is 59.6 Å². The summed E-state index contributed by atoms with van der Waals surface area (Å²) >= 11 is 0. The zero-order valence-corrected chi connectivity index (χ0v) is 9.19. The average molecular weight is 212 g/mol. The molecule has 0 aromatic carbocycles. The van der Waals surface area contributed by atoms with Crippen LogP contribution in [0.3, 0.4) is 0 Å². The van der Waals surface area contributed by atoms with Gasteiger partial charge in [0.25, 0.3) is 0 Å². The Hall–Kier alpha value is -0.610. The van der Waals surface area contributed by atoms with Crippen molar-refractivity contribution in [1.82, 2.24) is 9.80 Å². The van der Waals surface area contributed by atoms with E-state index in [0.717, 1.165) is 45.3 Å². The third-order valence-electron chi connectivity index (χ3n) is 3.30. The number of aliphatic hydroxyl groups is 1. The summed E-state index contributed by atoms with van der Waals surface area (Å²) < 4.78 is 0. The lowest BCUT2D eigenvalue weighted by Gasteiger charge is -2.30. The van der Waals surface area contributed by atoms with Crippen LogP contribution in [0.2, 0.25) is 0 Å². The van der Waals surface area contributed by atoms with Crippen molar-refractivity contribution in [3.05, 3.63) is 0 Å². The van der Waals surface area contributed by atoms with Gasteiger partial charge in [-0.3, -0.25) is 9.69 Å². The lowest BCUT2D eigenvalue weighted by atomic mass is 10.1. The second kappa shape index (κ2) is 4.94. The summed E-state index contributed by atoms with van der Waals surface area (Å²) in [5.41, 5.74) is 0. The number of piperidine rings is 1. The van der Waals surface area contributed by atoms with E-state index < -0.39 is 0 Å². The fraction of sp³-hybridized carbons (Fsp3) is 0.909. The first kappa shape index (κ1) is 10.9. The summed E-state index contributed by atoms with van der Waals surface area (Å²) in [4.78, 5) is 15.8. The van der Waals surface area contributed by atoms with Gasteiger partial charge in [0.2, 0.25) is 5.91 Å². The highest BCUT2D eigenvalue weighted by molar-refractivity contribution is 5.78. The largest absolute Gasteiger partial charge is 0.392 e. The van der Waals surface area contributed by atoms with Crippen LogP contribution in [0, 0.1) is 0 Å². The fourth-order valence-corrected chi connectivity index (χ4v) is 2.43. The topological polar surface area (TPSA) is 43.8 Å². The number of amides is 1. The van der Waals surface area contributed by atoms with Crippen molar-refractivity contribution < 1.29 is 9.90 Å². The van der Waals surface area contributed by atoms with Gasteiger partial charge in [0.05, 0.1) is 12.6 Å². The van der Waals surface area contributed by atoms with E-state index >= 15 is 0 Å². The molecule has 0 spiro atoms. The van der Waals surface area contributed by atoms with Crippen LogP contribution in [-0.2, 0) is 4.79 Å². The third kappa shape index (κ3) is 2.92. The molecule has 2 aliphatic rings. The maximum absolute atomic E-state index is 11.8. The Kier molecular flexibility index (Phi) is 3.59. The second-order valence-electron chi connectivity index (χ2n) is 4.62. The number of likely N-dealkylation sites (tertiary alicyclic amines) is 2. The molecule has 0 bridgehead atoms. The standard InChI is InChI=1S/C11H20N2O2/c14-10-4-3-5-12(8-10)9-11(15)13-6-1-2-7-13/h10,14H,1-9H2. The Labute approximate surface area is 90.9 Å². The Balaban J connectivity index is 1.77. The van der Waals surface area contributed by atoms with Crippen LogP contribution < -0.4 is 0 Å². The summed E-state index contributed by atoms with van der Waals surface area (Å²) in [6.45, 7) is 3.97. The van der Waals surface area contributed by atoms with E-state index in [9.17, 15) is 9.90 Å². The Morgan fingerprint density at radius 2 is 1.93 bits per heavy atom. The minimum atomic E-state index is -0.231. The van der Waals surface area contributed by atoms with Gasteiger partial charge in [-0.25, -0.2) is 0 Å². The van der Waals surface area contributed by atoms with Gasteiger partial charge in [-0.15, -0.1) is 0 Å². The van der Waals surface area contributed by atoms with E-state index in [1.54, 1.807) is 0 Å². The smallest absolute Gasteiger partial charge is 0.236 e. The molecule has 0 saturated carbocycles. The molecule has 1 unspecified atom stereocenters. The maximum Gasteiger partial charge on any atom is 0.236 e. The van der Waals surface area contributed by atoms with Gasteiger partial charge in [-0.2, -0.15) is 0 Å². The average Bonchev–Trinajstić information content (AvgIpc) is 2.70. The molecule has 0 aliphatic carbocycles. The fourth-order valence-electron chi connectivity index (χ4n) is 2.43. The van der Waals surface area contributed by atoms with Crippen molar-refractivity contribution in [2.45, 2.75) is 31.8 Å². The number of hydrogen-bond acceptors (Lipinski definition) is 3. The van der Waals surface area contributed by atoms with Crippen molar-refractivity contribution in [3.8, 4) is 0 Å². The highest BCUT2D eigenvalue weighted by Gasteiger charge is 2.23. The number of hydrogen-bond donors (Lipinski definition) is 1. The molecular weight excluding hydrogens is 192 g/mol. The summed E-state index contributed by atoms with van der Waals surface area (Å²) in [7, 11) is 0. The molecule has 0 aromatic heterocycles. The molecule has 1 N–H and O–H groups in total. The molecule has 86 valence electrons. The zero-order chi connectivity index (χ0) is 10.7. The zero-order valence-electron chi connectivity index (χ0n) is 9.19. The van der Waals surface area contributed by atoms with E-state index in [1.165, 1.54) is 0 Å². The number of aliphatic hydroxyl groups excluding tert-OH is 1. The molecule has 4 heteroatoms. The summed E-state index contributed by atoms with van der Waals surface area (Å²) in [5, 5.41) is 9.49. The van der Waals surface area contributed by atoms with E-state index in [2.05, 4.69) is 4.90 Å². The molecule has 1 atom stereocenters. The van der Waals surface area contributed by atoms with Crippen molar-refractivity contribution in [1.29, 1.82) is 0 Å². The van der Waals surface area contributed by atoms with Crippen LogP contribution in [0.5, 0.6) is 0 Å². The van der Waals surface area contributed by atoms with Crippen molar-refractivity contribution in [3.63, 3.8) is 0 Å². The predicted molar refractivity (Wildman–Crippen MR) is 57.5 cm³/mol. The lowest BCUT2D eigenvalue weighted by molar-refractivity contribution is -0.132. The summed E-state index contributed by atoms with van der Waals surface area (Å²) in [6.07, 6.45) is 3.95. The first-order chi connectivity index (χ1) is 7.25. The minimum Gasteiger partial charge on any atom is -0.392 e. The number of carbonyl (C=O) groups is 1. The van der Waals surface area contributed by atoms with Gasteiger partial charge in [-0.05, 0) is 32.2 Å². The molecule has 0 radical (unpaired) electrons. The summed E-state index contributed by atoms with van der Waals surface area (Å²) in [6, 6.07) is 0. The van der Waals surface area contributed by atoms with Gasteiger partial charge in [-0.1, -0.05) is 0 Å². The Morgan fingerprint density at radius 3 is 2.60 bits per heavy atom. The predicted octanol–water partition coefficient (Wildman–Crippen LogP) is 0.0655. The first-order valence-electron chi connectivity index (χ1n) is 5.94. The van der Waals surface area contributed by atoms with Crippen LogP contribution >= 0.6 is 0 Å². The highest BCUT2D eigenvalue weighted by Crippen LogP contribution is 2.12. The van der Waals surface area contributed by atoms with Crippen LogP contribution in [0.15, 0.2) is 0 Å². The van der Waals surface area contributed by atoms with Gasteiger partial charge in [0.1, 0.15) is 0 Å². The molecule has 2 rings (SSSR count). The monoisotopic (exact) mass is 212 g/mol. The number of rotatable bonds is 2. The summed E-state index contributed by atoms with van der Waals surface area (Å²) in [5.74, 6) is 0.238. The molecular formula is C11H20N2O2. The molecule has 15 heavy (non-hydrogen) atoms. The molecule has 2 saturated heterocycles. The molecule has 2 heterocycles. The van der Waals surface area contributed by atoms with E-state index in [0.29, 0.717) is 13.1 Å². The van der Waals surface area contributed by atoms with Crippen LogP contribution in [0.25, 0.3) is 0 Å². The van der Waals surface area contributed by atoms with Gasteiger partial charge < -0.3 is 10.0 Å². The molecule has 2 fully saturated rings. The van der Waals surface area contributed by atoms with E-state index in [-0.39, 0.29) is 12.0 Å². The normalized spacial score (nSPS) is 28.3. The van der Waals surface area contributed by atoms with Gasteiger partial charge in [0.15, 0.2) is 0 Å². The maximum atomic E-state index is 11.8. The third-order valence-corrected chi connectivity index (χ3v) is 3.30. The Morgan fingerprint density at radius 1 is 1.20 bits per heavy atom.